The number of hydrogen-bond acceptors (Lipinski definition) is 6. The second kappa shape index (κ2) is 9.98. The fourth-order valence-corrected chi connectivity index (χ4v) is 4.10. The Kier molecular flexibility index (Phi) is 6.87. The largest absolute Gasteiger partial charge is 0.494 e. The molecule has 1 saturated heterocycles. The van der Waals surface area contributed by atoms with E-state index in [9.17, 15) is 4.79 Å². The number of ether oxygens (including phenoxy) is 3. The Morgan fingerprint density at radius 1 is 1.06 bits per heavy atom. The zero-order valence-corrected chi connectivity index (χ0v) is 19.7. The van der Waals surface area contributed by atoms with Crippen LogP contribution >= 0.6 is 0 Å². The van der Waals surface area contributed by atoms with Crippen molar-refractivity contribution in [3.05, 3.63) is 48.2 Å². The van der Waals surface area contributed by atoms with Gasteiger partial charge in [0.1, 0.15) is 11.4 Å². The first kappa shape index (κ1) is 22.7. The van der Waals surface area contributed by atoms with Gasteiger partial charge in [-0.25, -0.2) is 4.98 Å². The summed E-state index contributed by atoms with van der Waals surface area (Å²) in [7, 11) is 3.19. The van der Waals surface area contributed by atoms with Gasteiger partial charge in [0.15, 0.2) is 11.5 Å². The van der Waals surface area contributed by atoms with Gasteiger partial charge in [0.05, 0.1) is 32.0 Å². The van der Waals surface area contributed by atoms with Crippen LogP contribution in [0.15, 0.2) is 42.5 Å². The number of piperidine rings is 1. The van der Waals surface area contributed by atoms with Crippen molar-refractivity contribution in [2.24, 2.45) is 5.92 Å². The summed E-state index contributed by atoms with van der Waals surface area (Å²) < 4.78 is 16.5. The predicted octanol–water partition coefficient (Wildman–Crippen LogP) is 5.27. The van der Waals surface area contributed by atoms with E-state index in [4.69, 9.17) is 19.2 Å². The average molecular weight is 450 g/mol. The molecule has 4 rings (SSSR count). The molecule has 3 aromatic rings. The van der Waals surface area contributed by atoms with Crippen molar-refractivity contribution < 1.29 is 19.0 Å². The lowest BCUT2D eigenvalue weighted by molar-refractivity contribution is 0.0691. The van der Waals surface area contributed by atoms with Gasteiger partial charge in [-0.3, -0.25) is 4.79 Å². The van der Waals surface area contributed by atoms with Crippen LogP contribution in [-0.2, 0) is 0 Å². The van der Waals surface area contributed by atoms with E-state index in [1.807, 2.05) is 54.3 Å². The molecule has 0 bridgehead atoms. The van der Waals surface area contributed by atoms with Crippen molar-refractivity contribution in [1.82, 2.24) is 9.88 Å². The fraction of sp³-hybridized carbons (Fsp3) is 0.385. The lowest BCUT2D eigenvalue weighted by Gasteiger charge is -2.30. The van der Waals surface area contributed by atoms with E-state index in [1.165, 1.54) is 0 Å². The van der Waals surface area contributed by atoms with Gasteiger partial charge in [0.2, 0.25) is 0 Å². The van der Waals surface area contributed by atoms with Gasteiger partial charge in [-0.05, 0) is 62.1 Å². The molecule has 0 unspecified atom stereocenters. The molecule has 0 radical (unpaired) electrons. The maximum absolute atomic E-state index is 13.3. The van der Waals surface area contributed by atoms with Gasteiger partial charge in [-0.15, -0.1) is 0 Å². The third kappa shape index (κ3) is 4.97. The van der Waals surface area contributed by atoms with Crippen LogP contribution in [0.25, 0.3) is 10.9 Å². The van der Waals surface area contributed by atoms with Crippen molar-refractivity contribution in [1.29, 1.82) is 0 Å². The van der Waals surface area contributed by atoms with E-state index in [-0.39, 0.29) is 5.91 Å². The van der Waals surface area contributed by atoms with Crippen LogP contribution in [0.3, 0.4) is 0 Å². The number of hydrogen-bond donors (Lipinski definition) is 1. The molecule has 174 valence electrons. The Hall–Kier alpha value is -3.48. The minimum Gasteiger partial charge on any atom is -0.494 e. The van der Waals surface area contributed by atoms with Crippen LogP contribution in [0.5, 0.6) is 17.2 Å². The summed E-state index contributed by atoms with van der Waals surface area (Å²) in [5.41, 5.74) is 2.74. The number of carbonyl (C=O) groups is 1. The highest BCUT2D eigenvalue weighted by molar-refractivity contribution is 6.01. The molecule has 0 aliphatic carbocycles. The first-order valence-corrected chi connectivity index (χ1v) is 11.4. The standard InChI is InChI=1S/C26H31N3O4/c1-5-33-19-8-6-18(7-9-19)27-21-15-23(26(30)29-12-10-17(2)11-13-29)28-22-16-25(32-4)24(31-3)14-20(21)22/h6-9,14-17H,5,10-13H2,1-4H3,(H,27,28). The number of aromatic nitrogens is 1. The zero-order valence-electron chi connectivity index (χ0n) is 19.7. The minimum atomic E-state index is -0.0478. The van der Waals surface area contributed by atoms with E-state index in [1.54, 1.807) is 14.2 Å². The Morgan fingerprint density at radius 3 is 2.36 bits per heavy atom. The molecule has 0 saturated carbocycles. The number of amides is 1. The van der Waals surface area contributed by atoms with E-state index in [0.29, 0.717) is 35.2 Å². The molecule has 1 amide bonds. The summed E-state index contributed by atoms with van der Waals surface area (Å²) in [5, 5.41) is 4.29. The number of pyridine rings is 1. The molecule has 1 aromatic heterocycles. The van der Waals surface area contributed by atoms with Gasteiger partial charge in [-0.1, -0.05) is 6.92 Å². The summed E-state index contributed by atoms with van der Waals surface area (Å²) in [6.45, 7) is 6.32. The Bertz CT molecular complexity index is 1120. The molecule has 0 spiro atoms. The van der Waals surface area contributed by atoms with E-state index < -0.39 is 0 Å². The Balaban J connectivity index is 1.75. The summed E-state index contributed by atoms with van der Waals surface area (Å²) in [6.07, 6.45) is 2.03. The molecule has 1 fully saturated rings. The molecule has 7 nitrogen and oxygen atoms in total. The summed E-state index contributed by atoms with van der Waals surface area (Å²) in [5.74, 6) is 2.58. The average Bonchev–Trinajstić information content (AvgIpc) is 2.84. The molecule has 1 aliphatic heterocycles. The van der Waals surface area contributed by atoms with Crippen LogP contribution in [0.4, 0.5) is 11.4 Å². The monoisotopic (exact) mass is 449 g/mol. The first-order valence-electron chi connectivity index (χ1n) is 11.4. The van der Waals surface area contributed by atoms with E-state index in [2.05, 4.69) is 12.2 Å². The molecule has 1 aliphatic rings. The number of rotatable bonds is 7. The van der Waals surface area contributed by atoms with Crippen molar-refractivity contribution in [2.75, 3.05) is 39.2 Å². The molecule has 2 aromatic carbocycles. The van der Waals surface area contributed by atoms with Crippen LogP contribution in [0.2, 0.25) is 0 Å². The third-order valence-corrected chi connectivity index (χ3v) is 6.05. The van der Waals surface area contributed by atoms with E-state index in [0.717, 1.165) is 48.4 Å². The number of carbonyl (C=O) groups excluding carboxylic acids is 1. The Morgan fingerprint density at radius 2 is 1.73 bits per heavy atom. The molecular weight excluding hydrogens is 418 g/mol. The number of fused-ring (bicyclic) bond motifs is 1. The van der Waals surface area contributed by atoms with E-state index >= 15 is 0 Å². The van der Waals surface area contributed by atoms with Gasteiger partial charge in [0, 0.05) is 30.2 Å². The highest BCUT2D eigenvalue weighted by Gasteiger charge is 2.24. The quantitative estimate of drug-likeness (QED) is 0.530. The normalized spacial score (nSPS) is 14.2. The SMILES string of the molecule is CCOc1ccc(Nc2cc(C(=O)N3CCC(C)CC3)nc3cc(OC)c(OC)cc23)cc1. The number of benzene rings is 2. The fourth-order valence-electron chi connectivity index (χ4n) is 4.10. The minimum absolute atomic E-state index is 0.0478. The third-order valence-electron chi connectivity index (χ3n) is 6.05. The molecule has 0 atom stereocenters. The van der Waals surface area contributed by atoms with Crippen LogP contribution in [0.1, 0.15) is 37.2 Å². The number of nitrogens with one attached hydrogen (secondary N) is 1. The maximum Gasteiger partial charge on any atom is 0.272 e. The topological polar surface area (TPSA) is 72.9 Å². The van der Waals surface area contributed by atoms with Gasteiger partial charge in [-0.2, -0.15) is 0 Å². The highest BCUT2D eigenvalue weighted by Crippen LogP contribution is 2.36. The van der Waals surface area contributed by atoms with Crippen molar-refractivity contribution in [2.45, 2.75) is 26.7 Å². The smallest absolute Gasteiger partial charge is 0.272 e. The highest BCUT2D eigenvalue weighted by atomic mass is 16.5. The molecule has 33 heavy (non-hydrogen) atoms. The zero-order chi connectivity index (χ0) is 23.4. The predicted molar refractivity (Wildman–Crippen MR) is 130 cm³/mol. The lowest BCUT2D eigenvalue weighted by Crippen LogP contribution is -2.38. The van der Waals surface area contributed by atoms with Crippen LogP contribution in [0, 0.1) is 5.92 Å². The summed E-state index contributed by atoms with van der Waals surface area (Å²) in [6, 6.07) is 13.3. The number of nitrogens with zero attached hydrogens (tertiary/aromatic N) is 2. The molecule has 7 heteroatoms. The van der Waals surface area contributed by atoms with Crippen LogP contribution in [-0.4, -0.2) is 49.7 Å². The van der Waals surface area contributed by atoms with Crippen molar-refractivity contribution in [3.63, 3.8) is 0 Å². The van der Waals surface area contributed by atoms with Gasteiger partial charge >= 0.3 is 0 Å². The maximum atomic E-state index is 13.3. The van der Waals surface area contributed by atoms with Crippen molar-refractivity contribution >= 4 is 28.2 Å². The molecular formula is C26H31N3O4. The lowest BCUT2D eigenvalue weighted by atomic mass is 9.99. The summed E-state index contributed by atoms with van der Waals surface area (Å²) in [4.78, 5) is 19.9. The molecule has 1 N–H and O–H groups in total. The number of anilines is 2. The van der Waals surface area contributed by atoms with Gasteiger partial charge < -0.3 is 24.4 Å². The molecule has 2 heterocycles. The number of likely N-dealkylation sites (tertiary alicyclic amines) is 1. The Labute approximate surface area is 194 Å². The first-order chi connectivity index (χ1) is 16.0. The second-order valence-corrected chi connectivity index (χ2v) is 8.34. The van der Waals surface area contributed by atoms with Crippen LogP contribution < -0.4 is 19.5 Å². The number of methoxy groups -OCH3 is 2. The van der Waals surface area contributed by atoms with Gasteiger partial charge in [0.25, 0.3) is 5.91 Å². The second-order valence-electron chi connectivity index (χ2n) is 8.34. The van der Waals surface area contributed by atoms with Crippen molar-refractivity contribution in [3.8, 4) is 17.2 Å². The summed E-state index contributed by atoms with van der Waals surface area (Å²) >= 11 is 0.